The number of Topliss-reactive ketones (excluding diaryl/α,β-unsaturated/α-hetero) is 1. The molecule has 4 aromatic carbocycles. The van der Waals surface area contributed by atoms with Crippen LogP contribution in [-0.2, 0) is 25.5 Å². The molecule has 3 heterocycles. The Bertz CT molecular complexity index is 1680. The fourth-order valence-corrected chi connectivity index (χ4v) is 6.62. The van der Waals surface area contributed by atoms with Gasteiger partial charge in [-0.25, -0.2) is 4.90 Å². The summed E-state index contributed by atoms with van der Waals surface area (Å²) in [6, 6.07) is 30.5. The predicted molar refractivity (Wildman–Crippen MR) is 137 cm³/mol. The molecule has 3 aliphatic heterocycles. The number of carbonyl (C=O) groups is 4. The van der Waals surface area contributed by atoms with Gasteiger partial charge in [-0.05, 0) is 28.8 Å². The van der Waals surface area contributed by atoms with Gasteiger partial charge in [-0.3, -0.25) is 14.4 Å². The van der Waals surface area contributed by atoms with Gasteiger partial charge in [-0.15, -0.1) is 0 Å². The van der Waals surface area contributed by atoms with Crippen LogP contribution in [0.25, 0.3) is 0 Å². The molecular weight excluding hydrogens is 494 g/mol. The van der Waals surface area contributed by atoms with Gasteiger partial charge in [0.25, 0.3) is 0 Å². The van der Waals surface area contributed by atoms with Gasteiger partial charge in [0.2, 0.25) is 17.6 Å². The average Bonchev–Trinajstić information content (AvgIpc) is 3.43. The molecule has 190 valence electrons. The minimum atomic E-state index is -1.75. The van der Waals surface area contributed by atoms with E-state index in [0.717, 1.165) is 4.90 Å². The standard InChI is InChI=1S/C32H21NO6/c34-27-23-13-7-8-14-24(23)31(20-9-3-1-4-10-20)25-26(32(27,39-31)21-11-5-2-6-12-21)29(36)33(28(25)35)22-17-15-19(16-18-22)30(37)38/h1-18,25-26H,(H,37,38)/p-1/t25-,26+,31+,32+/m0/s1. The number of anilines is 1. The van der Waals surface area contributed by atoms with Gasteiger partial charge in [0, 0.05) is 11.1 Å². The summed E-state index contributed by atoms with van der Waals surface area (Å²) in [6.07, 6.45) is 0. The van der Waals surface area contributed by atoms with Crippen LogP contribution in [0.1, 0.15) is 37.4 Å². The molecule has 2 fully saturated rings. The van der Waals surface area contributed by atoms with Crippen LogP contribution in [0.4, 0.5) is 5.69 Å². The van der Waals surface area contributed by atoms with E-state index < -0.39 is 40.8 Å². The lowest BCUT2D eigenvalue weighted by molar-refractivity contribution is -0.255. The van der Waals surface area contributed by atoms with Crippen LogP contribution in [0.5, 0.6) is 0 Å². The van der Waals surface area contributed by atoms with Gasteiger partial charge in [-0.2, -0.15) is 0 Å². The molecule has 7 heteroatoms. The summed E-state index contributed by atoms with van der Waals surface area (Å²) in [7, 11) is 0. The SMILES string of the molecule is O=C([O-])c1ccc(N2C(=O)[C@@H]3[C@H](C2=O)[C@@]2(c4ccccc4)O[C@]3(c3ccccc3)c3ccccc3C2=O)cc1. The van der Waals surface area contributed by atoms with E-state index in [1.54, 1.807) is 48.5 Å². The number of carboxylic acid groups (broad SMARTS) is 1. The van der Waals surface area contributed by atoms with Crippen molar-refractivity contribution in [3.63, 3.8) is 0 Å². The Kier molecular flexibility index (Phi) is 4.80. The lowest BCUT2D eigenvalue weighted by atomic mass is 9.72. The minimum absolute atomic E-state index is 0.0798. The molecule has 0 unspecified atom stereocenters. The lowest BCUT2D eigenvalue weighted by Crippen LogP contribution is -2.51. The summed E-state index contributed by atoms with van der Waals surface area (Å²) >= 11 is 0. The highest BCUT2D eigenvalue weighted by atomic mass is 16.5. The highest BCUT2D eigenvalue weighted by Crippen LogP contribution is 2.66. The third-order valence-electron chi connectivity index (χ3n) is 8.18. The van der Waals surface area contributed by atoms with Gasteiger partial charge in [0.15, 0.2) is 5.60 Å². The number of hydrogen-bond acceptors (Lipinski definition) is 6. The molecule has 4 aromatic rings. The maximum absolute atomic E-state index is 14.4. The normalized spacial score (nSPS) is 26.9. The molecule has 2 bridgehead atoms. The zero-order chi connectivity index (χ0) is 26.9. The van der Waals surface area contributed by atoms with E-state index in [1.165, 1.54) is 24.3 Å². The smallest absolute Gasteiger partial charge is 0.241 e. The van der Waals surface area contributed by atoms with Crippen molar-refractivity contribution in [1.82, 2.24) is 0 Å². The molecule has 0 aromatic heterocycles. The van der Waals surface area contributed by atoms with Crippen molar-refractivity contribution in [2.45, 2.75) is 11.2 Å². The second kappa shape index (κ2) is 8.06. The Labute approximate surface area is 223 Å². The van der Waals surface area contributed by atoms with E-state index in [4.69, 9.17) is 4.74 Å². The third kappa shape index (κ3) is 2.85. The molecule has 0 aliphatic carbocycles. The van der Waals surface area contributed by atoms with Crippen LogP contribution >= 0.6 is 0 Å². The number of amides is 2. The van der Waals surface area contributed by atoms with Crippen molar-refractivity contribution in [2.75, 3.05) is 4.90 Å². The summed E-state index contributed by atoms with van der Waals surface area (Å²) in [5, 5.41) is 11.3. The number of hydrogen-bond donors (Lipinski definition) is 0. The second-order valence-electron chi connectivity index (χ2n) is 9.98. The number of ether oxygens (including phenoxy) is 1. The third-order valence-corrected chi connectivity index (χ3v) is 8.18. The molecule has 7 rings (SSSR count). The summed E-state index contributed by atoms with van der Waals surface area (Å²) in [4.78, 5) is 55.6. The van der Waals surface area contributed by atoms with E-state index in [0.29, 0.717) is 22.3 Å². The van der Waals surface area contributed by atoms with E-state index >= 15 is 0 Å². The molecular formula is C32H20NO6-. The van der Waals surface area contributed by atoms with Crippen LogP contribution in [0.15, 0.2) is 109 Å². The number of aromatic carboxylic acids is 1. The van der Waals surface area contributed by atoms with Gasteiger partial charge in [0.05, 0.1) is 23.5 Å². The predicted octanol–water partition coefficient (Wildman–Crippen LogP) is 3.22. The minimum Gasteiger partial charge on any atom is -0.545 e. The lowest BCUT2D eigenvalue weighted by Gasteiger charge is -2.43. The number of imide groups is 1. The Morgan fingerprint density at radius 3 is 1.77 bits per heavy atom. The number of nitrogens with zero attached hydrogens (tertiary/aromatic N) is 1. The first-order chi connectivity index (χ1) is 18.9. The van der Waals surface area contributed by atoms with Gasteiger partial charge < -0.3 is 14.6 Å². The van der Waals surface area contributed by atoms with Gasteiger partial charge in [0.1, 0.15) is 5.60 Å². The molecule has 0 spiro atoms. The molecule has 2 saturated heterocycles. The summed E-state index contributed by atoms with van der Waals surface area (Å²) in [5.41, 5.74) is -0.924. The Hall–Kier alpha value is -4.88. The first-order valence-electron chi connectivity index (χ1n) is 12.6. The fourth-order valence-electron chi connectivity index (χ4n) is 6.62. The molecule has 7 nitrogen and oxygen atoms in total. The number of ketones is 1. The van der Waals surface area contributed by atoms with E-state index in [-0.39, 0.29) is 17.0 Å². The fraction of sp³-hybridized carbons (Fsp3) is 0.125. The molecule has 0 radical (unpaired) electrons. The second-order valence-corrected chi connectivity index (χ2v) is 9.98. The quantitative estimate of drug-likeness (QED) is 0.388. The van der Waals surface area contributed by atoms with Crippen LogP contribution in [0, 0.1) is 11.8 Å². The monoisotopic (exact) mass is 514 g/mol. The van der Waals surface area contributed by atoms with E-state index in [9.17, 15) is 24.3 Å². The number of carboxylic acids is 1. The number of fused-ring (bicyclic) bond motifs is 7. The summed E-state index contributed by atoms with van der Waals surface area (Å²) in [5.74, 6) is -5.05. The summed E-state index contributed by atoms with van der Waals surface area (Å²) < 4.78 is 6.92. The number of carbonyl (C=O) groups excluding carboxylic acids is 4. The van der Waals surface area contributed by atoms with Crippen LogP contribution in [-0.4, -0.2) is 23.6 Å². The molecule has 39 heavy (non-hydrogen) atoms. The Balaban J connectivity index is 1.53. The van der Waals surface area contributed by atoms with Crippen molar-refractivity contribution in [1.29, 1.82) is 0 Å². The van der Waals surface area contributed by atoms with Gasteiger partial charge in [-0.1, -0.05) is 97.1 Å². The molecule has 4 atom stereocenters. The van der Waals surface area contributed by atoms with Crippen molar-refractivity contribution < 1.29 is 29.0 Å². The molecule has 3 aliphatic rings. The molecule has 0 saturated carbocycles. The largest absolute Gasteiger partial charge is 0.545 e. The van der Waals surface area contributed by atoms with Crippen molar-refractivity contribution >= 4 is 29.3 Å². The van der Waals surface area contributed by atoms with Crippen LogP contribution in [0.3, 0.4) is 0 Å². The average molecular weight is 515 g/mol. The number of rotatable bonds is 4. The molecule has 2 amide bonds. The molecule has 0 N–H and O–H groups in total. The zero-order valence-corrected chi connectivity index (χ0v) is 20.4. The first-order valence-corrected chi connectivity index (χ1v) is 12.6. The first kappa shape index (κ1) is 23.3. The Morgan fingerprint density at radius 2 is 1.18 bits per heavy atom. The Morgan fingerprint density at radius 1 is 0.667 bits per heavy atom. The maximum Gasteiger partial charge on any atom is 0.241 e. The van der Waals surface area contributed by atoms with Crippen molar-refractivity contribution in [2.24, 2.45) is 11.8 Å². The van der Waals surface area contributed by atoms with Gasteiger partial charge >= 0.3 is 0 Å². The topological polar surface area (TPSA) is 104 Å². The maximum atomic E-state index is 14.4. The van der Waals surface area contributed by atoms with Crippen molar-refractivity contribution in [3.8, 4) is 0 Å². The van der Waals surface area contributed by atoms with Crippen molar-refractivity contribution in [3.05, 3.63) is 137 Å². The van der Waals surface area contributed by atoms with E-state index in [2.05, 4.69) is 0 Å². The van der Waals surface area contributed by atoms with Crippen LogP contribution < -0.4 is 10.0 Å². The van der Waals surface area contributed by atoms with Crippen LogP contribution in [0.2, 0.25) is 0 Å². The highest BCUT2D eigenvalue weighted by molar-refractivity contribution is 6.26. The summed E-state index contributed by atoms with van der Waals surface area (Å²) in [6.45, 7) is 0. The zero-order valence-electron chi connectivity index (χ0n) is 20.4. The number of benzene rings is 4. The van der Waals surface area contributed by atoms with E-state index in [1.807, 2.05) is 36.4 Å². The highest BCUT2D eigenvalue weighted by Gasteiger charge is 2.78.